The molecule has 0 saturated carbocycles. The number of rotatable bonds is 6. The summed E-state index contributed by atoms with van der Waals surface area (Å²) in [5.74, 6) is -1.28. The van der Waals surface area contributed by atoms with E-state index >= 15 is 0 Å². The van der Waals surface area contributed by atoms with E-state index in [-0.39, 0.29) is 24.6 Å². The average molecular weight is 359 g/mol. The molecule has 26 heavy (non-hydrogen) atoms. The quantitative estimate of drug-likeness (QED) is 0.861. The van der Waals surface area contributed by atoms with Crippen LogP contribution in [0.25, 0.3) is 0 Å². The molecule has 1 aliphatic rings. The molecular weight excluding hydrogens is 336 g/mol. The van der Waals surface area contributed by atoms with E-state index in [1.54, 1.807) is 0 Å². The molecule has 0 spiro atoms. The van der Waals surface area contributed by atoms with Gasteiger partial charge in [-0.15, -0.1) is 0 Å². The number of halogens is 2. The second-order valence-electron chi connectivity index (χ2n) is 6.42. The minimum atomic E-state index is -0.646. The van der Waals surface area contributed by atoms with Gasteiger partial charge in [0.2, 0.25) is 5.91 Å². The zero-order valence-corrected chi connectivity index (χ0v) is 14.6. The Labute approximate surface area is 152 Å². The fourth-order valence-electron chi connectivity index (χ4n) is 3.12. The molecule has 2 aromatic carbocycles. The van der Waals surface area contributed by atoms with Crippen LogP contribution in [0, 0.1) is 11.6 Å². The van der Waals surface area contributed by atoms with E-state index in [4.69, 9.17) is 0 Å². The first kappa shape index (κ1) is 18.3. The van der Waals surface area contributed by atoms with Gasteiger partial charge < -0.3 is 10.2 Å². The molecule has 0 unspecified atom stereocenters. The third kappa shape index (κ3) is 4.79. The molecule has 1 N–H and O–H groups in total. The van der Waals surface area contributed by atoms with Crippen molar-refractivity contribution >= 4 is 11.6 Å². The van der Waals surface area contributed by atoms with Gasteiger partial charge in [-0.3, -0.25) is 9.69 Å². The maximum atomic E-state index is 13.5. The molecule has 4 nitrogen and oxygen atoms in total. The van der Waals surface area contributed by atoms with Crippen LogP contribution >= 0.6 is 0 Å². The van der Waals surface area contributed by atoms with Crippen LogP contribution in [-0.2, 0) is 11.3 Å². The number of amides is 1. The molecular formula is C20H23F2N3O. The molecule has 1 aliphatic heterocycles. The number of para-hydroxylation sites is 1. The molecule has 0 radical (unpaired) electrons. The first-order chi connectivity index (χ1) is 12.6. The van der Waals surface area contributed by atoms with Crippen LogP contribution in [0.3, 0.4) is 0 Å². The van der Waals surface area contributed by atoms with Crippen molar-refractivity contribution in [3.05, 3.63) is 65.7 Å². The summed E-state index contributed by atoms with van der Waals surface area (Å²) >= 11 is 0. The highest BCUT2D eigenvalue weighted by atomic mass is 19.1. The van der Waals surface area contributed by atoms with Gasteiger partial charge in [-0.1, -0.05) is 36.4 Å². The van der Waals surface area contributed by atoms with Crippen LogP contribution in [0.2, 0.25) is 0 Å². The summed E-state index contributed by atoms with van der Waals surface area (Å²) in [6, 6.07) is 14.0. The highest BCUT2D eigenvalue weighted by Crippen LogP contribution is 2.18. The van der Waals surface area contributed by atoms with Crippen molar-refractivity contribution in [1.82, 2.24) is 9.80 Å². The largest absolute Gasteiger partial charge is 0.380 e. The number of benzene rings is 2. The second-order valence-corrected chi connectivity index (χ2v) is 6.42. The Morgan fingerprint density at radius 2 is 1.58 bits per heavy atom. The number of anilines is 1. The number of carbonyl (C=O) groups is 1. The van der Waals surface area contributed by atoms with Crippen molar-refractivity contribution in [3.63, 3.8) is 0 Å². The normalized spacial score (nSPS) is 15.1. The van der Waals surface area contributed by atoms with Gasteiger partial charge in [0.15, 0.2) is 0 Å². The fraction of sp³-hybridized carbons (Fsp3) is 0.350. The van der Waals surface area contributed by atoms with E-state index in [0.29, 0.717) is 13.1 Å². The van der Waals surface area contributed by atoms with Gasteiger partial charge in [-0.2, -0.15) is 0 Å². The van der Waals surface area contributed by atoms with Gasteiger partial charge in [-0.05, 0) is 17.7 Å². The van der Waals surface area contributed by atoms with Gasteiger partial charge in [0.25, 0.3) is 0 Å². The van der Waals surface area contributed by atoms with Gasteiger partial charge >= 0.3 is 0 Å². The standard InChI is InChI=1S/C20H23F2N3O/c21-17-7-4-8-18(22)20(17)23-10-9-19(26)25-13-11-24(12-14-25)15-16-5-2-1-3-6-16/h1-8,23H,9-15H2. The smallest absolute Gasteiger partial charge is 0.224 e. The lowest BCUT2D eigenvalue weighted by Crippen LogP contribution is -2.48. The molecule has 0 aromatic heterocycles. The fourth-order valence-corrected chi connectivity index (χ4v) is 3.12. The maximum Gasteiger partial charge on any atom is 0.224 e. The molecule has 1 heterocycles. The van der Waals surface area contributed by atoms with Gasteiger partial charge in [0.1, 0.15) is 17.3 Å². The molecule has 0 bridgehead atoms. The molecule has 1 fully saturated rings. The van der Waals surface area contributed by atoms with E-state index in [1.807, 2.05) is 23.1 Å². The van der Waals surface area contributed by atoms with Crippen LogP contribution in [-0.4, -0.2) is 48.4 Å². The van der Waals surface area contributed by atoms with Crippen molar-refractivity contribution in [1.29, 1.82) is 0 Å². The molecule has 138 valence electrons. The minimum absolute atomic E-state index is 0.00797. The Morgan fingerprint density at radius 1 is 0.923 bits per heavy atom. The van der Waals surface area contributed by atoms with Crippen molar-refractivity contribution in [2.24, 2.45) is 0 Å². The highest BCUT2D eigenvalue weighted by Gasteiger charge is 2.21. The van der Waals surface area contributed by atoms with E-state index in [9.17, 15) is 13.6 Å². The van der Waals surface area contributed by atoms with E-state index in [0.717, 1.165) is 19.6 Å². The van der Waals surface area contributed by atoms with Crippen molar-refractivity contribution in [3.8, 4) is 0 Å². The molecule has 0 aliphatic carbocycles. The number of nitrogens with one attached hydrogen (secondary N) is 1. The SMILES string of the molecule is O=C(CCNc1c(F)cccc1F)N1CCN(Cc2ccccc2)CC1. The lowest BCUT2D eigenvalue weighted by atomic mass is 10.2. The molecule has 1 saturated heterocycles. The predicted octanol–water partition coefficient (Wildman–Crippen LogP) is 3.11. The zero-order valence-electron chi connectivity index (χ0n) is 14.6. The zero-order chi connectivity index (χ0) is 18.4. The van der Waals surface area contributed by atoms with Crippen LogP contribution < -0.4 is 5.32 Å². The Balaban J connectivity index is 1.41. The Morgan fingerprint density at radius 3 is 2.23 bits per heavy atom. The van der Waals surface area contributed by atoms with Crippen LogP contribution in [0.15, 0.2) is 48.5 Å². The number of hydrogen-bond acceptors (Lipinski definition) is 3. The first-order valence-electron chi connectivity index (χ1n) is 8.85. The van der Waals surface area contributed by atoms with E-state index in [2.05, 4.69) is 22.3 Å². The summed E-state index contributed by atoms with van der Waals surface area (Å²) < 4.78 is 27.1. The van der Waals surface area contributed by atoms with Crippen LogP contribution in [0.1, 0.15) is 12.0 Å². The summed E-state index contributed by atoms with van der Waals surface area (Å²) in [6.07, 6.45) is 0.215. The number of hydrogen-bond donors (Lipinski definition) is 1. The van der Waals surface area contributed by atoms with Crippen molar-refractivity contribution in [2.45, 2.75) is 13.0 Å². The predicted molar refractivity (Wildman–Crippen MR) is 97.8 cm³/mol. The number of piperazine rings is 1. The van der Waals surface area contributed by atoms with Crippen molar-refractivity contribution in [2.75, 3.05) is 38.0 Å². The number of nitrogens with zero attached hydrogens (tertiary/aromatic N) is 2. The summed E-state index contributed by atoms with van der Waals surface area (Å²) in [6.45, 7) is 4.11. The van der Waals surface area contributed by atoms with Crippen molar-refractivity contribution < 1.29 is 13.6 Å². The molecule has 3 rings (SSSR count). The average Bonchev–Trinajstić information content (AvgIpc) is 2.65. The molecule has 0 atom stereocenters. The summed E-state index contributed by atoms with van der Waals surface area (Å²) in [5.41, 5.74) is 1.09. The Bertz CT molecular complexity index is 711. The highest BCUT2D eigenvalue weighted by molar-refractivity contribution is 5.76. The summed E-state index contributed by atoms with van der Waals surface area (Å²) in [4.78, 5) is 16.4. The number of carbonyl (C=O) groups excluding carboxylic acids is 1. The topological polar surface area (TPSA) is 35.6 Å². The van der Waals surface area contributed by atoms with Crippen LogP contribution in [0.4, 0.5) is 14.5 Å². The Hall–Kier alpha value is -2.47. The third-order valence-corrected chi connectivity index (χ3v) is 4.58. The van der Waals surface area contributed by atoms with E-state index < -0.39 is 11.6 Å². The molecule has 6 heteroatoms. The lowest BCUT2D eigenvalue weighted by Gasteiger charge is -2.34. The summed E-state index contributed by atoms with van der Waals surface area (Å²) in [7, 11) is 0. The van der Waals surface area contributed by atoms with Gasteiger partial charge in [0, 0.05) is 45.7 Å². The maximum absolute atomic E-state index is 13.5. The molecule has 2 aromatic rings. The van der Waals surface area contributed by atoms with Crippen LogP contribution in [0.5, 0.6) is 0 Å². The van der Waals surface area contributed by atoms with Gasteiger partial charge in [0.05, 0.1) is 0 Å². The van der Waals surface area contributed by atoms with E-state index in [1.165, 1.54) is 23.8 Å². The lowest BCUT2D eigenvalue weighted by molar-refractivity contribution is -0.132. The minimum Gasteiger partial charge on any atom is -0.380 e. The first-order valence-corrected chi connectivity index (χ1v) is 8.85. The Kier molecular flexibility index (Phi) is 6.17. The third-order valence-electron chi connectivity index (χ3n) is 4.58. The monoisotopic (exact) mass is 359 g/mol. The second kappa shape index (κ2) is 8.76. The molecule has 1 amide bonds. The summed E-state index contributed by atoms with van der Waals surface area (Å²) in [5, 5.41) is 2.68. The van der Waals surface area contributed by atoms with Gasteiger partial charge in [-0.25, -0.2) is 8.78 Å².